The van der Waals surface area contributed by atoms with Gasteiger partial charge in [0, 0.05) is 47.1 Å². The number of carbonyl (C=O) groups excluding carboxylic acids is 2. The first-order chi connectivity index (χ1) is 15.3. The van der Waals surface area contributed by atoms with Crippen LogP contribution in [-0.2, 0) is 9.59 Å². The van der Waals surface area contributed by atoms with Crippen molar-refractivity contribution in [2.75, 3.05) is 5.32 Å². The molecule has 1 amide bonds. The maximum Gasteiger partial charge on any atom is 0.288 e. The molecule has 2 heterocycles. The summed E-state index contributed by atoms with van der Waals surface area (Å²) in [4.78, 5) is 41.4. The van der Waals surface area contributed by atoms with Crippen LogP contribution in [0.5, 0.6) is 0 Å². The summed E-state index contributed by atoms with van der Waals surface area (Å²) >= 11 is 6.01. The van der Waals surface area contributed by atoms with Crippen LogP contribution in [0.3, 0.4) is 0 Å². The minimum absolute atomic E-state index is 0.00692. The zero-order valence-electron chi connectivity index (χ0n) is 17.6. The summed E-state index contributed by atoms with van der Waals surface area (Å²) in [7, 11) is 0. The fraction of sp³-hybridized carbons (Fsp3) is 0.261. The Hall–Kier alpha value is -3.52. The molecule has 0 saturated heterocycles. The van der Waals surface area contributed by atoms with Gasteiger partial charge in [0.15, 0.2) is 5.78 Å². The summed E-state index contributed by atoms with van der Waals surface area (Å²) < 4.78 is 0. The van der Waals surface area contributed by atoms with E-state index in [0.29, 0.717) is 47.5 Å². The van der Waals surface area contributed by atoms with E-state index in [2.05, 4.69) is 15.6 Å². The minimum Gasteiger partial charge on any atom is -0.362 e. The summed E-state index contributed by atoms with van der Waals surface area (Å²) in [5.74, 6) is -0.876. The van der Waals surface area contributed by atoms with Gasteiger partial charge in [-0.05, 0) is 56.0 Å². The lowest BCUT2D eigenvalue weighted by Crippen LogP contribution is -2.35. The molecular formula is C23H21ClN4O4. The predicted octanol–water partition coefficient (Wildman–Crippen LogP) is 4.56. The van der Waals surface area contributed by atoms with Gasteiger partial charge >= 0.3 is 0 Å². The van der Waals surface area contributed by atoms with Crippen molar-refractivity contribution in [3.8, 4) is 0 Å². The van der Waals surface area contributed by atoms with Crippen LogP contribution in [-0.4, -0.2) is 21.6 Å². The number of nitro benzene ring substituents is 1. The van der Waals surface area contributed by atoms with E-state index in [-0.39, 0.29) is 16.5 Å². The van der Waals surface area contributed by atoms with Gasteiger partial charge in [0.1, 0.15) is 10.8 Å². The van der Waals surface area contributed by atoms with Crippen LogP contribution in [0.1, 0.15) is 43.2 Å². The molecule has 1 aromatic carbocycles. The lowest BCUT2D eigenvalue weighted by Gasteiger charge is -2.34. The predicted molar refractivity (Wildman–Crippen MR) is 120 cm³/mol. The maximum absolute atomic E-state index is 13.4. The van der Waals surface area contributed by atoms with E-state index in [4.69, 9.17) is 11.6 Å². The lowest BCUT2D eigenvalue weighted by molar-refractivity contribution is -0.384. The molecule has 9 heteroatoms. The summed E-state index contributed by atoms with van der Waals surface area (Å²) in [6.45, 7) is 3.65. The topological polar surface area (TPSA) is 114 Å². The number of ketones is 1. The molecule has 164 valence electrons. The van der Waals surface area contributed by atoms with Crippen molar-refractivity contribution in [3.05, 3.63) is 85.3 Å². The standard InChI is InChI=1S/C23H21ClN4O4/c1-12-8-9-25-19(10-12)27-23(30)20-13(2)26-16-4-3-5-18(29)22(16)21(20)14-6-7-15(24)17(11-14)28(31)32/h6-11,21,26H,3-5H2,1-2H3,(H,25,27,30)/t21-/m1/s1. The number of aromatic nitrogens is 1. The van der Waals surface area contributed by atoms with Crippen molar-refractivity contribution in [1.29, 1.82) is 0 Å². The number of allylic oxidation sites excluding steroid dienone is 3. The highest BCUT2D eigenvalue weighted by Gasteiger charge is 2.39. The number of carbonyl (C=O) groups is 2. The first-order valence-corrected chi connectivity index (χ1v) is 10.6. The van der Waals surface area contributed by atoms with Gasteiger partial charge < -0.3 is 10.6 Å². The van der Waals surface area contributed by atoms with E-state index >= 15 is 0 Å². The highest BCUT2D eigenvalue weighted by molar-refractivity contribution is 6.32. The average Bonchev–Trinajstić information content (AvgIpc) is 2.73. The number of benzene rings is 1. The Balaban J connectivity index is 1.84. The van der Waals surface area contributed by atoms with Gasteiger partial charge in [0.05, 0.1) is 4.92 Å². The van der Waals surface area contributed by atoms with Crippen molar-refractivity contribution in [1.82, 2.24) is 10.3 Å². The summed E-state index contributed by atoms with van der Waals surface area (Å²) in [6, 6.07) is 7.95. The number of aryl methyl sites for hydroxylation is 1. The molecule has 8 nitrogen and oxygen atoms in total. The number of nitrogens with one attached hydrogen (secondary N) is 2. The first-order valence-electron chi connectivity index (χ1n) is 10.2. The molecule has 2 aliphatic rings. The number of hydrogen-bond acceptors (Lipinski definition) is 6. The number of halogens is 1. The van der Waals surface area contributed by atoms with E-state index in [0.717, 1.165) is 11.3 Å². The van der Waals surface area contributed by atoms with E-state index in [1.54, 1.807) is 25.3 Å². The molecule has 0 radical (unpaired) electrons. The monoisotopic (exact) mass is 452 g/mol. The second kappa shape index (κ2) is 8.55. The number of hydrogen-bond donors (Lipinski definition) is 2. The number of nitro groups is 1. The Kier molecular flexibility index (Phi) is 5.80. The van der Waals surface area contributed by atoms with Gasteiger partial charge in [-0.2, -0.15) is 0 Å². The van der Waals surface area contributed by atoms with Crippen LogP contribution in [0.25, 0.3) is 0 Å². The quantitative estimate of drug-likeness (QED) is 0.519. The van der Waals surface area contributed by atoms with Gasteiger partial charge in [-0.25, -0.2) is 4.98 Å². The molecule has 2 aromatic rings. The van der Waals surface area contributed by atoms with Crippen LogP contribution in [0.15, 0.2) is 59.1 Å². The zero-order valence-corrected chi connectivity index (χ0v) is 18.3. The molecule has 0 bridgehead atoms. The van der Waals surface area contributed by atoms with Gasteiger partial charge in [0.25, 0.3) is 11.6 Å². The van der Waals surface area contributed by atoms with E-state index in [1.807, 2.05) is 13.0 Å². The Morgan fingerprint density at radius 1 is 1.25 bits per heavy atom. The third kappa shape index (κ3) is 4.01. The second-order valence-corrected chi connectivity index (χ2v) is 8.31. The molecule has 4 rings (SSSR count). The molecule has 32 heavy (non-hydrogen) atoms. The molecule has 1 aromatic heterocycles. The molecule has 0 fully saturated rings. The molecule has 2 N–H and O–H groups in total. The Labute approximate surface area is 189 Å². The van der Waals surface area contributed by atoms with Gasteiger partial charge in [-0.15, -0.1) is 0 Å². The molecule has 1 aliphatic heterocycles. The lowest BCUT2D eigenvalue weighted by atomic mass is 9.75. The number of anilines is 1. The van der Waals surface area contributed by atoms with Crippen LogP contribution in [0, 0.1) is 17.0 Å². The summed E-state index contributed by atoms with van der Waals surface area (Å²) in [5, 5.41) is 17.5. The van der Waals surface area contributed by atoms with Gasteiger partial charge in [0.2, 0.25) is 0 Å². The summed E-state index contributed by atoms with van der Waals surface area (Å²) in [5.41, 5.74) is 3.26. The van der Waals surface area contributed by atoms with Crippen molar-refractivity contribution < 1.29 is 14.5 Å². The Morgan fingerprint density at radius 3 is 2.75 bits per heavy atom. The van der Waals surface area contributed by atoms with E-state index in [9.17, 15) is 19.7 Å². The third-order valence-corrected chi connectivity index (χ3v) is 6.00. The van der Waals surface area contributed by atoms with Gasteiger partial charge in [-0.3, -0.25) is 19.7 Å². The van der Waals surface area contributed by atoms with Crippen molar-refractivity contribution >= 4 is 34.8 Å². The number of Topliss-reactive ketones (excluding diaryl/α,β-unsaturated/α-hetero) is 1. The number of dihydropyridines is 1. The molecule has 0 saturated carbocycles. The summed E-state index contributed by atoms with van der Waals surface area (Å²) in [6.07, 6.45) is 3.33. The van der Waals surface area contributed by atoms with E-state index in [1.165, 1.54) is 12.1 Å². The van der Waals surface area contributed by atoms with Crippen LogP contribution in [0.4, 0.5) is 11.5 Å². The normalized spacial score (nSPS) is 18.2. The number of amides is 1. The van der Waals surface area contributed by atoms with Gasteiger partial charge in [-0.1, -0.05) is 17.7 Å². The molecule has 0 spiro atoms. The smallest absolute Gasteiger partial charge is 0.288 e. The number of rotatable bonds is 4. The fourth-order valence-corrected chi connectivity index (χ4v) is 4.44. The van der Waals surface area contributed by atoms with Crippen molar-refractivity contribution in [2.24, 2.45) is 0 Å². The minimum atomic E-state index is -0.750. The van der Waals surface area contributed by atoms with Crippen LogP contribution >= 0.6 is 11.6 Å². The number of pyridine rings is 1. The zero-order chi connectivity index (χ0) is 23.0. The Morgan fingerprint density at radius 2 is 2.03 bits per heavy atom. The second-order valence-electron chi connectivity index (χ2n) is 7.91. The largest absolute Gasteiger partial charge is 0.362 e. The van der Waals surface area contributed by atoms with E-state index < -0.39 is 16.7 Å². The highest BCUT2D eigenvalue weighted by Crippen LogP contribution is 2.43. The molecule has 1 atom stereocenters. The third-order valence-electron chi connectivity index (χ3n) is 5.68. The number of nitrogens with zero attached hydrogens (tertiary/aromatic N) is 2. The molecular weight excluding hydrogens is 432 g/mol. The molecule has 0 unspecified atom stereocenters. The van der Waals surface area contributed by atoms with Crippen molar-refractivity contribution in [2.45, 2.75) is 39.0 Å². The fourth-order valence-electron chi connectivity index (χ4n) is 4.25. The SMILES string of the molecule is CC1=C(C(=O)Nc2cc(C)ccn2)[C@@H](c2ccc(Cl)c([N+](=O)[O-])c2)C2=C(CCCC2=O)N1. The Bertz CT molecular complexity index is 1220. The maximum atomic E-state index is 13.4. The van der Waals surface area contributed by atoms with Crippen LogP contribution < -0.4 is 10.6 Å². The van der Waals surface area contributed by atoms with Crippen molar-refractivity contribution in [3.63, 3.8) is 0 Å². The van der Waals surface area contributed by atoms with Crippen LogP contribution in [0.2, 0.25) is 5.02 Å². The average molecular weight is 453 g/mol. The first kappa shape index (κ1) is 21.7. The highest BCUT2D eigenvalue weighted by atomic mass is 35.5. The molecule has 1 aliphatic carbocycles.